The molecule has 5 nitrogen and oxygen atoms in total. The van der Waals surface area contributed by atoms with Gasteiger partial charge in [0.2, 0.25) is 10.0 Å². The van der Waals surface area contributed by atoms with Gasteiger partial charge in [0.1, 0.15) is 10.6 Å². The summed E-state index contributed by atoms with van der Waals surface area (Å²) in [7, 11) is -3.68. The SMILES string of the molecule is CC(C)n1cc(S(=O)(=O)NCc2ccccc2)c(-c2ccccc2)n1. The molecule has 3 aromatic rings. The van der Waals surface area contributed by atoms with E-state index in [9.17, 15) is 8.42 Å². The lowest BCUT2D eigenvalue weighted by molar-refractivity contribution is 0.532. The topological polar surface area (TPSA) is 64.0 Å². The summed E-state index contributed by atoms with van der Waals surface area (Å²) < 4.78 is 30.1. The van der Waals surface area contributed by atoms with E-state index in [1.54, 1.807) is 10.9 Å². The van der Waals surface area contributed by atoms with Crippen molar-refractivity contribution in [2.75, 3.05) is 0 Å². The molecule has 1 N–H and O–H groups in total. The van der Waals surface area contributed by atoms with Gasteiger partial charge >= 0.3 is 0 Å². The fraction of sp³-hybridized carbons (Fsp3) is 0.211. The molecule has 0 bridgehead atoms. The quantitative estimate of drug-likeness (QED) is 0.735. The van der Waals surface area contributed by atoms with E-state index in [1.165, 1.54) is 0 Å². The van der Waals surface area contributed by atoms with Crippen molar-refractivity contribution in [3.8, 4) is 11.3 Å². The van der Waals surface area contributed by atoms with Gasteiger partial charge in [-0.25, -0.2) is 13.1 Å². The number of sulfonamides is 1. The largest absolute Gasteiger partial charge is 0.268 e. The molecule has 1 heterocycles. The van der Waals surface area contributed by atoms with Gasteiger partial charge in [0.25, 0.3) is 0 Å². The van der Waals surface area contributed by atoms with E-state index < -0.39 is 10.0 Å². The molecule has 0 saturated heterocycles. The third-order valence-electron chi connectivity index (χ3n) is 3.87. The Labute approximate surface area is 148 Å². The highest BCUT2D eigenvalue weighted by Crippen LogP contribution is 2.27. The Balaban J connectivity index is 1.97. The maximum absolute atomic E-state index is 12.9. The van der Waals surface area contributed by atoms with Crippen LogP contribution in [0.5, 0.6) is 0 Å². The van der Waals surface area contributed by atoms with Crippen molar-refractivity contribution in [2.45, 2.75) is 31.3 Å². The first-order valence-corrected chi connectivity index (χ1v) is 9.64. The average molecular weight is 355 g/mol. The second-order valence-electron chi connectivity index (χ2n) is 6.09. The van der Waals surface area contributed by atoms with E-state index in [2.05, 4.69) is 9.82 Å². The lowest BCUT2D eigenvalue weighted by atomic mass is 10.2. The summed E-state index contributed by atoms with van der Waals surface area (Å²) in [4.78, 5) is 0.198. The maximum atomic E-state index is 12.9. The van der Waals surface area contributed by atoms with Gasteiger partial charge in [0.05, 0.1) is 0 Å². The lowest BCUT2D eigenvalue weighted by Crippen LogP contribution is -2.23. The lowest BCUT2D eigenvalue weighted by Gasteiger charge is -2.07. The first-order chi connectivity index (χ1) is 12.0. The summed E-state index contributed by atoms with van der Waals surface area (Å²) >= 11 is 0. The Bertz CT molecular complexity index is 933. The van der Waals surface area contributed by atoms with Crippen molar-refractivity contribution < 1.29 is 8.42 Å². The maximum Gasteiger partial charge on any atom is 0.244 e. The summed E-state index contributed by atoms with van der Waals surface area (Å²) in [5.41, 5.74) is 2.15. The molecule has 130 valence electrons. The van der Waals surface area contributed by atoms with Gasteiger partial charge in [0.15, 0.2) is 0 Å². The minimum Gasteiger partial charge on any atom is -0.268 e. The molecule has 0 radical (unpaired) electrons. The second kappa shape index (κ2) is 7.21. The molecule has 3 rings (SSSR count). The third kappa shape index (κ3) is 3.97. The third-order valence-corrected chi connectivity index (χ3v) is 5.28. The van der Waals surface area contributed by atoms with Crippen LogP contribution in [-0.4, -0.2) is 18.2 Å². The van der Waals surface area contributed by atoms with Gasteiger partial charge in [-0.05, 0) is 19.4 Å². The van der Waals surface area contributed by atoms with E-state index in [0.717, 1.165) is 11.1 Å². The molecule has 0 atom stereocenters. The summed E-state index contributed by atoms with van der Waals surface area (Å²) in [6, 6.07) is 18.9. The minimum atomic E-state index is -3.68. The van der Waals surface area contributed by atoms with Gasteiger partial charge in [-0.1, -0.05) is 60.7 Å². The van der Waals surface area contributed by atoms with E-state index in [1.807, 2.05) is 74.5 Å². The standard InChI is InChI=1S/C19H21N3O2S/c1-15(2)22-14-18(19(21-22)17-11-7-4-8-12-17)25(23,24)20-13-16-9-5-3-6-10-16/h3-12,14-15,20H,13H2,1-2H3. The zero-order valence-corrected chi connectivity index (χ0v) is 15.1. The number of hydrogen-bond acceptors (Lipinski definition) is 3. The van der Waals surface area contributed by atoms with E-state index >= 15 is 0 Å². The molecule has 0 amide bonds. The molecule has 0 spiro atoms. The number of nitrogens with zero attached hydrogens (tertiary/aromatic N) is 2. The molecule has 25 heavy (non-hydrogen) atoms. The molecule has 0 saturated carbocycles. The van der Waals surface area contributed by atoms with Crippen LogP contribution in [0.15, 0.2) is 71.8 Å². The van der Waals surface area contributed by atoms with Gasteiger partial charge in [0, 0.05) is 24.3 Å². The van der Waals surface area contributed by atoms with E-state index in [4.69, 9.17) is 0 Å². The zero-order valence-electron chi connectivity index (χ0n) is 14.3. The Morgan fingerprint density at radius 1 is 1.00 bits per heavy atom. The van der Waals surface area contributed by atoms with Crippen LogP contribution in [0.3, 0.4) is 0 Å². The number of benzene rings is 2. The number of aromatic nitrogens is 2. The summed E-state index contributed by atoms with van der Waals surface area (Å²) in [5.74, 6) is 0. The van der Waals surface area contributed by atoms with Crippen molar-refractivity contribution in [3.05, 3.63) is 72.4 Å². The zero-order chi connectivity index (χ0) is 17.9. The molecule has 2 aromatic carbocycles. The first kappa shape index (κ1) is 17.4. The van der Waals surface area contributed by atoms with Crippen LogP contribution in [0.4, 0.5) is 0 Å². The van der Waals surface area contributed by atoms with Crippen LogP contribution >= 0.6 is 0 Å². The van der Waals surface area contributed by atoms with Crippen LogP contribution < -0.4 is 4.72 Å². The molecule has 6 heteroatoms. The van der Waals surface area contributed by atoms with Crippen molar-refractivity contribution >= 4 is 10.0 Å². The van der Waals surface area contributed by atoms with Gasteiger partial charge in [-0.3, -0.25) is 4.68 Å². The molecule has 0 aliphatic carbocycles. The highest BCUT2D eigenvalue weighted by Gasteiger charge is 2.24. The van der Waals surface area contributed by atoms with Crippen LogP contribution in [0, 0.1) is 0 Å². The Morgan fingerprint density at radius 3 is 2.20 bits per heavy atom. The highest BCUT2D eigenvalue weighted by molar-refractivity contribution is 7.89. The molecule has 0 unspecified atom stereocenters. The minimum absolute atomic E-state index is 0.0699. The Kier molecular flexibility index (Phi) is 5.01. The van der Waals surface area contributed by atoms with Crippen molar-refractivity contribution in [1.29, 1.82) is 0 Å². The van der Waals surface area contributed by atoms with Crippen LogP contribution in [0.1, 0.15) is 25.5 Å². The summed E-state index contributed by atoms with van der Waals surface area (Å²) in [6.45, 7) is 4.18. The van der Waals surface area contributed by atoms with Crippen molar-refractivity contribution in [3.63, 3.8) is 0 Å². The average Bonchev–Trinajstić information content (AvgIpc) is 3.08. The van der Waals surface area contributed by atoms with Crippen molar-refractivity contribution in [1.82, 2.24) is 14.5 Å². The van der Waals surface area contributed by atoms with E-state index in [-0.39, 0.29) is 17.5 Å². The molecular weight excluding hydrogens is 334 g/mol. The van der Waals surface area contributed by atoms with Crippen LogP contribution in [-0.2, 0) is 16.6 Å². The Morgan fingerprint density at radius 2 is 1.60 bits per heavy atom. The first-order valence-electron chi connectivity index (χ1n) is 8.15. The predicted octanol–water partition coefficient (Wildman–Crippen LogP) is 3.61. The summed E-state index contributed by atoms with van der Waals surface area (Å²) in [5, 5.41) is 4.50. The monoisotopic (exact) mass is 355 g/mol. The fourth-order valence-corrected chi connectivity index (χ4v) is 3.66. The van der Waals surface area contributed by atoms with Crippen molar-refractivity contribution in [2.24, 2.45) is 0 Å². The molecule has 0 aliphatic rings. The number of rotatable bonds is 6. The van der Waals surface area contributed by atoms with Gasteiger partial charge in [-0.15, -0.1) is 0 Å². The normalized spacial score (nSPS) is 11.8. The number of nitrogens with one attached hydrogen (secondary N) is 1. The predicted molar refractivity (Wildman–Crippen MR) is 98.5 cm³/mol. The molecular formula is C19H21N3O2S. The fourth-order valence-electron chi connectivity index (χ4n) is 2.48. The van der Waals surface area contributed by atoms with E-state index in [0.29, 0.717) is 5.69 Å². The molecule has 1 aromatic heterocycles. The van der Waals surface area contributed by atoms with Gasteiger partial charge in [-0.2, -0.15) is 5.10 Å². The Hall–Kier alpha value is -2.44. The van der Waals surface area contributed by atoms with Gasteiger partial charge < -0.3 is 0 Å². The second-order valence-corrected chi connectivity index (χ2v) is 7.83. The van der Waals surface area contributed by atoms with Crippen LogP contribution in [0.2, 0.25) is 0 Å². The highest BCUT2D eigenvalue weighted by atomic mass is 32.2. The molecule has 0 aliphatic heterocycles. The summed E-state index contributed by atoms with van der Waals surface area (Å²) in [6.07, 6.45) is 1.60. The smallest absolute Gasteiger partial charge is 0.244 e. The number of hydrogen-bond donors (Lipinski definition) is 1. The van der Waals surface area contributed by atoms with Crippen LogP contribution in [0.25, 0.3) is 11.3 Å². The molecule has 0 fully saturated rings.